The lowest BCUT2D eigenvalue weighted by Crippen LogP contribution is -2.48. The molecule has 2 aliphatic rings. The maximum atomic E-state index is 13.3. The van der Waals surface area contributed by atoms with Crippen LogP contribution in [0, 0.1) is 10.6 Å². The lowest BCUT2D eigenvalue weighted by molar-refractivity contribution is 0.144. The third kappa shape index (κ3) is 3.81. The molecular formula is C16H19ClFN5O2S2. The first-order chi connectivity index (χ1) is 12.9. The molecule has 0 amide bonds. The van der Waals surface area contributed by atoms with Gasteiger partial charge in [0, 0.05) is 32.2 Å². The van der Waals surface area contributed by atoms with Gasteiger partial charge in [0.15, 0.2) is 4.77 Å². The number of rotatable bonds is 5. The number of halogens is 2. The molecule has 0 unspecified atom stereocenters. The van der Waals surface area contributed by atoms with Crippen molar-refractivity contribution in [3.8, 4) is 0 Å². The molecule has 4 rings (SSSR count). The summed E-state index contributed by atoms with van der Waals surface area (Å²) in [6, 6.07) is 3.95. The van der Waals surface area contributed by atoms with Crippen LogP contribution in [0.1, 0.15) is 18.9 Å². The third-order valence-electron chi connectivity index (χ3n) is 4.89. The first-order valence-corrected chi connectivity index (χ1v) is 10.9. The second kappa shape index (κ2) is 7.25. The third-order valence-corrected chi connectivity index (χ3v) is 7.50. The molecule has 0 radical (unpaired) electrons. The van der Waals surface area contributed by atoms with E-state index in [9.17, 15) is 12.8 Å². The summed E-state index contributed by atoms with van der Waals surface area (Å²) in [6.07, 6.45) is 4.06. The van der Waals surface area contributed by atoms with Gasteiger partial charge in [-0.25, -0.2) is 17.5 Å². The fourth-order valence-electron chi connectivity index (χ4n) is 3.14. The van der Waals surface area contributed by atoms with Gasteiger partial charge in [0.05, 0.1) is 16.6 Å². The van der Waals surface area contributed by atoms with Crippen LogP contribution in [-0.4, -0.2) is 58.1 Å². The van der Waals surface area contributed by atoms with Crippen LogP contribution < -0.4 is 0 Å². The van der Waals surface area contributed by atoms with Crippen LogP contribution in [0.4, 0.5) is 4.39 Å². The molecule has 2 fully saturated rings. The second-order valence-corrected chi connectivity index (χ2v) is 9.50. The number of nitrogens with zero attached hydrogens (tertiary/aromatic N) is 5. The number of aromatic nitrogens is 3. The number of hydrogen-bond acceptors (Lipinski definition) is 5. The molecular weight excluding hydrogens is 413 g/mol. The molecule has 0 bridgehead atoms. The number of sulfonamides is 1. The van der Waals surface area contributed by atoms with Crippen molar-refractivity contribution in [3.05, 3.63) is 40.1 Å². The molecule has 0 atom stereocenters. The molecule has 27 heavy (non-hydrogen) atoms. The molecule has 2 aromatic rings. The summed E-state index contributed by atoms with van der Waals surface area (Å²) in [5, 5.41) is 4.16. The summed E-state index contributed by atoms with van der Waals surface area (Å²) >= 11 is 11.2. The summed E-state index contributed by atoms with van der Waals surface area (Å²) in [5.41, 5.74) is 0. The molecule has 146 valence electrons. The summed E-state index contributed by atoms with van der Waals surface area (Å²) in [7, 11) is -3.70. The Morgan fingerprint density at radius 2 is 1.93 bits per heavy atom. The predicted molar refractivity (Wildman–Crippen MR) is 101 cm³/mol. The van der Waals surface area contributed by atoms with Crippen molar-refractivity contribution < 1.29 is 12.8 Å². The van der Waals surface area contributed by atoms with Crippen LogP contribution in [0.5, 0.6) is 0 Å². The largest absolute Gasteiger partial charge is 0.303 e. The first kappa shape index (κ1) is 19.0. The molecule has 1 aliphatic heterocycles. The number of benzene rings is 1. The highest BCUT2D eigenvalue weighted by Gasteiger charge is 2.30. The molecule has 2 heterocycles. The van der Waals surface area contributed by atoms with Crippen LogP contribution in [0.25, 0.3) is 0 Å². The molecule has 11 heteroatoms. The Bertz CT molecular complexity index is 1010. The second-order valence-electron chi connectivity index (χ2n) is 6.79. The molecule has 1 aliphatic carbocycles. The van der Waals surface area contributed by atoms with E-state index in [1.165, 1.54) is 10.4 Å². The van der Waals surface area contributed by atoms with E-state index in [1.54, 1.807) is 11.0 Å². The van der Waals surface area contributed by atoms with Gasteiger partial charge in [-0.1, -0.05) is 11.6 Å². The summed E-state index contributed by atoms with van der Waals surface area (Å²) < 4.78 is 44.7. The van der Waals surface area contributed by atoms with Crippen molar-refractivity contribution >= 4 is 33.8 Å². The average Bonchev–Trinajstić information content (AvgIpc) is 3.43. The highest BCUT2D eigenvalue weighted by molar-refractivity contribution is 7.89. The zero-order valence-electron chi connectivity index (χ0n) is 14.5. The lowest BCUT2D eigenvalue weighted by atomic mass is 10.3. The Kier molecular flexibility index (Phi) is 5.10. The van der Waals surface area contributed by atoms with Gasteiger partial charge in [-0.2, -0.15) is 9.40 Å². The number of hydrogen-bond donors (Lipinski definition) is 0. The van der Waals surface area contributed by atoms with Gasteiger partial charge in [0.2, 0.25) is 10.0 Å². The van der Waals surface area contributed by atoms with Gasteiger partial charge >= 0.3 is 0 Å². The van der Waals surface area contributed by atoms with Crippen molar-refractivity contribution in [1.29, 1.82) is 0 Å². The van der Waals surface area contributed by atoms with Crippen LogP contribution in [0.2, 0.25) is 5.02 Å². The molecule has 1 aromatic heterocycles. The molecule has 1 saturated carbocycles. The van der Waals surface area contributed by atoms with Crippen LogP contribution in [0.3, 0.4) is 0 Å². The molecule has 7 nitrogen and oxygen atoms in total. The van der Waals surface area contributed by atoms with E-state index in [1.807, 2.05) is 4.57 Å². The Hall–Kier alpha value is -1.33. The van der Waals surface area contributed by atoms with E-state index >= 15 is 0 Å². The molecule has 0 spiro atoms. The fraction of sp³-hybridized carbons (Fsp3) is 0.500. The van der Waals surface area contributed by atoms with Crippen molar-refractivity contribution in [1.82, 2.24) is 23.6 Å². The average molecular weight is 432 g/mol. The monoisotopic (exact) mass is 431 g/mol. The first-order valence-electron chi connectivity index (χ1n) is 8.68. The van der Waals surface area contributed by atoms with Crippen molar-refractivity contribution in [3.63, 3.8) is 0 Å². The van der Waals surface area contributed by atoms with Gasteiger partial charge in [-0.3, -0.25) is 4.90 Å². The fourth-order valence-corrected chi connectivity index (χ4v) is 5.13. The van der Waals surface area contributed by atoms with E-state index in [0.29, 0.717) is 43.7 Å². The standard InChI is InChI=1S/C16H19ClFN5O2S2/c17-14-9-13(3-4-15(14)18)27(24,25)21-7-5-20(6-8-21)11-23-16(26)22(10-19-23)12-1-2-12/h3-4,9-10,12H,1-2,5-8,11H2. The normalized spacial score (nSPS) is 19.5. The van der Waals surface area contributed by atoms with E-state index in [0.717, 1.165) is 25.0 Å². The minimum atomic E-state index is -3.70. The highest BCUT2D eigenvalue weighted by Crippen LogP contribution is 2.34. The Labute approximate surface area is 167 Å². The lowest BCUT2D eigenvalue weighted by Gasteiger charge is -2.33. The van der Waals surface area contributed by atoms with Crippen LogP contribution >= 0.6 is 23.8 Å². The summed E-state index contributed by atoms with van der Waals surface area (Å²) in [4.78, 5) is 2.12. The predicted octanol–water partition coefficient (Wildman–Crippen LogP) is 2.51. The van der Waals surface area contributed by atoms with E-state index in [4.69, 9.17) is 23.8 Å². The maximum absolute atomic E-state index is 13.3. The van der Waals surface area contributed by atoms with E-state index in [-0.39, 0.29) is 9.92 Å². The maximum Gasteiger partial charge on any atom is 0.243 e. The highest BCUT2D eigenvalue weighted by atomic mass is 35.5. The Morgan fingerprint density at radius 1 is 1.22 bits per heavy atom. The quantitative estimate of drug-likeness (QED) is 0.680. The minimum absolute atomic E-state index is 0.00717. The van der Waals surface area contributed by atoms with Crippen LogP contribution in [0.15, 0.2) is 29.4 Å². The smallest absolute Gasteiger partial charge is 0.243 e. The van der Waals surface area contributed by atoms with Crippen LogP contribution in [-0.2, 0) is 16.7 Å². The Balaban J connectivity index is 1.41. The van der Waals surface area contributed by atoms with Gasteiger partial charge in [0.1, 0.15) is 12.1 Å². The van der Waals surface area contributed by atoms with Crippen molar-refractivity contribution in [2.45, 2.75) is 30.4 Å². The van der Waals surface area contributed by atoms with Gasteiger partial charge in [-0.15, -0.1) is 0 Å². The molecule has 1 aromatic carbocycles. The van der Waals surface area contributed by atoms with Crippen molar-refractivity contribution in [2.75, 3.05) is 26.2 Å². The topological polar surface area (TPSA) is 63.4 Å². The van der Waals surface area contributed by atoms with Gasteiger partial charge in [0.25, 0.3) is 0 Å². The van der Waals surface area contributed by atoms with E-state index < -0.39 is 15.8 Å². The molecule has 1 saturated heterocycles. The summed E-state index contributed by atoms with van der Waals surface area (Å²) in [6.45, 7) is 2.34. The minimum Gasteiger partial charge on any atom is -0.303 e. The van der Waals surface area contributed by atoms with Crippen molar-refractivity contribution in [2.24, 2.45) is 0 Å². The van der Waals surface area contributed by atoms with Gasteiger partial charge < -0.3 is 4.57 Å². The number of piperazine rings is 1. The zero-order valence-corrected chi connectivity index (χ0v) is 16.9. The molecule has 0 N–H and O–H groups in total. The Morgan fingerprint density at radius 3 is 2.56 bits per heavy atom. The summed E-state index contributed by atoms with van der Waals surface area (Å²) in [5.74, 6) is -0.636. The van der Waals surface area contributed by atoms with Gasteiger partial charge in [-0.05, 0) is 43.3 Å². The zero-order chi connectivity index (χ0) is 19.2. The van der Waals surface area contributed by atoms with E-state index in [2.05, 4.69) is 10.00 Å². The SMILES string of the molecule is O=S(=O)(c1ccc(F)c(Cl)c1)N1CCN(Cn2ncn(C3CC3)c2=S)CC1.